The minimum Gasteiger partial charge on any atom is -0.493 e. The molecule has 4 rings (SSSR count). The summed E-state index contributed by atoms with van der Waals surface area (Å²) in [5, 5.41) is 0.213. The topological polar surface area (TPSA) is 60.6 Å². The van der Waals surface area contributed by atoms with Gasteiger partial charge in [0.15, 0.2) is 22.9 Å². The monoisotopic (exact) mass is 359 g/mol. The average molecular weight is 360 g/mol. The molecule has 0 amide bonds. The van der Waals surface area contributed by atoms with Crippen molar-refractivity contribution in [3.63, 3.8) is 0 Å². The molecule has 1 atom stereocenters. The number of fused-ring (bicyclic) bond motifs is 2. The highest BCUT2D eigenvalue weighted by Crippen LogP contribution is 2.45. The largest absolute Gasteiger partial charge is 0.493 e. The van der Waals surface area contributed by atoms with Crippen LogP contribution < -0.4 is 14.4 Å². The van der Waals surface area contributed by atoms with Gasteiger partial charge in [0.25, 0.3) is 0 Å². The van der Waals surface area contributed by atoms with Crippen LogP contribution >= 0.6 is 11.6 Å². The van der Waals surface area contributed by atoms with Crippen molar-refractivity contribution < 1.29 is 13.9 Å². The fraction of sp³-hybridized carbons (Fsp3) is 0.333. The van der Waals surface area contributed by atoms with E-state index < -0.39 is 0 Å². The third kappa shape index (κ3) is 2.48. The number of aromatic nitrogens is 2. The molecule has 130 valence electrons. The lowest BCUT2D eigenvalue weighted by Crippen LogP contribution is -2.22. The number of hydrogen-bond acceptors (Lipinski definition) is 6. The molecule has 0 spiro atoms. The van der Waals surface area contributed by atoms with Gasteiger partial charge in [-0.25, -0.2) is 4.98 Å². The summed E-state index contributed by atoms with van der Waals surface area (Å²) in [5.74, 6) is 2.16. The van der Waals surface area contributed by atoms with E-state index in [1.807, 2.05) is 12.1 Å². The maximum atomic E-state index is 6.13. The van der Waals surface area contributed by atoms with E-state index in [1.54, 1.807) is 26.5 Å². The third-order valence-electron chi connectivity index (χ3n) is 4.64. The summed E-state index contributed by atoms with van der Waals surface area (Å²) in [5.41, 5.74) is 3.74. The van der Waals surface area contributed by atoms with Gasteiger partial charge >= 0.3 is 0 Å². The van der Waals surface area contributed by atoms with Gasteiger partial charge in [0.05, 0.1) is 26.5 Å². The molecule has 3 aromatic rings. The molecule has 1 unspecified atom stereocenters. The van der Waals surface area contributed by atoms with Crippen molar-refractivity contribution in [1.29, 1.82) is 0 Å². The van der Waals surface area contributed by atoms with Crippen molar-refractivity contribution >= 4 is 28.5 Å². The molecule has 1 aliphatic rings. The third-order valence-corrected chi connectivity index (χ3v) is 4.81. The molecule has 0 aliphatic carbocycles. The first kappa shape index (κ1) is 16.0. The molecular formula is C18H18ClN3O3. The fourth-order valence-corrected chi connectivity index (χ4v) is 3.69. The summed E-state index contributed by atoms with van der Waals surface area (Å²) in [6, 6.07) is 6.01. The molecular weight excluding hydrogens is 342 g/mol. The summed E-state index contributed by atoms with van der Waals surface area (Å²) < 4.78 is 16.5. The second kappa shape index (κ2) is 6.11. The molecule has 7 heteroatoms. The highest BCUT2D eigenvalue weighted by molar-refractivity contribution is 6.28. The smallest absolute Gasteiger partial charge is 0.225 e. The number of benzene rings is 1. The predicted molar refractivity (Wildman–Crippen MR) is 95.6 cm³/mol. The predicted octanol–water partition coefficient (Wildman–Crippen LogP) is 4.36. The lowest BCUT2D eigenvalue weighted by Gasteiger charge is -2.25. The Hall–Kier alpha value is -2.47. The molecule has 2 aromatic heterocycles. The van der Waals surface area contributed by atoms with Crippen LogP contribution in [0.1, 0.15) is 30.5 Å². The van der Waals surface area contributed by atoms with Gasteiger partial charge < -0.3 is 18.8 Å². The number of halogens is 1. The zero-order valence-electron chi connectivity index (χ0n) is 14.2. The van der Waals surface area contributed by atoms with Gasteiger partial charge in [0.2, 0.25) is 5.28 Å². The number of ether oxygens (including phenoxy) is 2. The SMILES string of the molecule is CCC1c2cc(OC)c(OC)cc2CN1c1nc(Cl)nc2ccoc12. The van der Waals surface area contributed by atoms with Crippen molar-refractivity contribution in [1.82, 2.24) is 9.97 Å². The summed E-state index contributed by atoms with van der Waals surface area (Å²) in [6.07, 6.45) is 2.52. The Morgan fingerprint density at radius 1 is 1.24 bits per heavy atom. The van der Waals surface area contributed by atoms with E-state index in [1.165, 1.54) is 11.1 Å². The minimum atomic E-state index is 0.147. The minimum absolute atomic E-state index is 0.147. The Kier molecular flexibility index (Phi) is 3.92. The molecule has 0 bridgehead atoms. The van der Waals surface area contributed by atoms with Gasteiger partial charge in [-0.3, -0.25) is 0 Å². The summed E-state index contributed by atoms with van der Waals surface area (Å²) in [4.78, 5) is 10.9. The van der Waals surface area contributed by atoms with E-state index in [9.17, 15) is 0 Å². The summed E-state index contributed by atoms with van der Waals surface area (Å²) in [6.45, 7) is 2.84. The second-order valence-electron chi connectivity index (χ2n) is 5.91. The van der Waals surface area contributed by atoms with Crippen molar-refractivity contribution in [3.05, 3.63) is 40.9 Å². The van der Waals surface area contributed by atoms with Gasteiger partial charge in [-0.2, -0.15) is 4.98 Å². The Bertz CT molecular complexity index is 941. The normalized spacial score (nSPS) is 16.3. The van der Waals surface area contributed by atoms with E-state index in [0.29, 0.717) is 23.5 Å². The van der Waals surface area contributed by atoms with Gasteiger partial charge in [-0.1, -0.05) is 6.92 Å². The number of rotatable bonds is 4. The van der Waals surface area contributed by atoms with E-state index in [-0.39, 0.29) is 11.3 Å². The van der Waals surface area contributed by atoms with Crippen molar-refractivity contribution in [2.24, 2.45) is 0 Å². The number of nitrogens with zero attached hydrogens (tertiary/aromatic N) is 3. The molecule has 6 nitrogen and oxygen atoms in total. The van der Waals surface area contributed by atoms with Crippen LogP contribution in [0.2, 0.25) is 5.28 Å². The van der Waals surface area contributed by atoms with E-state index in [4.69, 9.17) is 25.5 Å². The molecule has 1 aromatic carbocycles. The van der Waals surface area contributed by atoms with Crippen molar-refractivity contribution in [2.75, 3.05) is 19.1 Å². The number of methoxy groups -OCH3 is 2. The molecule has 0 radical (unpaired) electrons. The van der Waals surface area contributed by atoms with Gasteiger partial charge in [-0.15, -0.1) is 0 Å². The zero-order valence-corrected chi connectivity index (χ0v) is 15.0. The van der Waals surface area contributed by atoms with Crippen LogP contribution in [0.25, 0.3) is 11.1 Å². The highest BCUT2D eigenvalue weighted by Gasteiger charge is 2.33. The quantitative estimate of drug-likeness (QED) is 0.645. The van der Waals surface area contributed by atoms with Crippen LogP contribution in [0.5, 0.6) is 11.5 Å². The molecule has 25 heavy (non-hydrogen) atoms. The lowest BCUT2D eigenvalue weighted by atomic mass is 10.0. The first-order valence-corrected chi connectivity index (χ1v) is 8.46. The van der Waals surface area contributed by atoms with Crippen molar-refractivity contribution in [2.45, 2.75) is 25.9 Å². The summed E-state index contributed by atoms with van der Waals surface area (Å²) >= 11 is 6.13. The van der Waals surface area contributed by atoms with Crippen LogP contribution in [-0.4, -0.2) is 24.2 Å². The fourth-order valence-electron chi connectivity index (χ4n) is 3.52. The maximum Gasteiger partial charge on any atom is 0.225 e. The van der Waals surface area contributed by atoms with Crippen LogP contribution in [0, 0.1) is 0 Å². The van der Waals surface area contributed by atoms with Crippen LogP contribution in [0.4, 0.5) is 5.82 Å². The Balaban J connectivity index is 1.85. The zero-order chi connectivity index (χ0) is 17.6. The molecule has 0 saturated heterocycles. The molecule has 1 aliphatic heterocycles. The van der Waals surface area contributed by atoms with Gasteiger partial charge in [-0.05, 0) is 41.3 Å². The van der Waals surface area contributed by atoms with E-state index in [0.717, 1.165) is 17.9 Å². The van der Waals surface area contributed by atoms with Crippen LogP contribution in [0.15, 0.2) is 28.9 Å². The number of hydrogen-bond donors (Lipinski definition) is 0. The summed E-state index contributed by atoms with van der Waals surface area (Å²) in [7, 11) is 3.29. The average Bonchev–Trinajstić information content (AvgIpc) is 3.22. The Morgan fingerprint density at radius 2 is 2.00 bits per heavy atom. The Morgan fingerprint density at radius 3 is 2.72 bits per heavy atom. The van der Waals surface area contributed by atoms with Gasteiger partial charge in [0, 0.05) is 12.6 Å². The number of anilines is 1. The Labute approximate surface area is 150 Å². The molecule has 0 N–H and O–H groups in total. The van der Waals surface area contributed by atoms with Crippen LogP contribution in [0.3, 0.4) is 0 Å². The maximum absolute atomic E-state index is 6.13. The van der Waals surface area contributed by atoms with Crippen LogP contribution in [-0.2, 0) is 6.54 Å². The number of furan rings is 1. The molecule has 3 heterocycles. The van der Waals surface area contributed by atoms with E-state index >= 15 is 0 Å². The second-order valence-corrected chi connectivity index (χ2v) is 6.25. The first-order chi connectivity index (χ1) is 12.2. The van der Waals surface area contributed by atoms with Crippen molar-refractivity contribution in [3.8, 4) is 11.5 Å². The first-order valence-electron chi connectivity index (χ1n) is 8.08. The standard InChI is InChI=1S/C18H18ClN3O3/c1-4-13-11-8-15(24-3)14(23-2)7-10(11)9-22(13)17-16-12(5-6-25-16)20-18(19)21-17/h5-8,13H,4,9H2,1-3H3. The highest BCUT2D eigenvalue weighted by atomic mass is 35.5. The van der Waals surface area contributed by atoms with E-state index in [2.05, 4.69) is 21.8 Å². The van der Waals surface area contributed by atoms with Gasteiger partial charge in [0.1, 0.15) is 5.52 Å². The lowest BCUT2D eigenvalue weighted by molar-refractivity contribution is 0.354. The molecule has 0 saturated carbocycles. The molecule has 0 fully saturated rings.